The fourth-order valence-electron chi connectivity index (χ4n) is 4.49. The minimum Gasteiger partial charge on any atom is -0.383 e. The summed E-state index contributed by atoms with van der Waals surface area (Å²) in [7, 11) is 0. The minimum absolute atomic E-state index is 0.0379. The third-order valence-corrected chi connectivity index (χ3v) is 7.36. The molecule has 2 atom stereocenters. The molecule has 0 saturated carbocycles. The summed E-state index contributed by atoms with van der Waals surface area (Å²) in [6.07, 6.45) is -7.54. The van der Waals surface area contributed by atoms with Gasteiger partial charge in [-0.3, -0.25) is 0 Å². The Kier molecular flexibility index (Phi) is 8.25. The molecule has 3 nitrogen and oxygen atoms in total. The Morgan fingerprint density at radius 2 is 1.44 bits per heavy atom. The Hall–Kier alpha value is -3.53. The number of nitrogens with one attached hydrogen (secondary N) is 3. The van der Waals surface area contributed by atoms with Crippen molar-refractivity contribution in [3.8, 4) is 0 Å². The van der Waals surface area contributed by atoms with Crippen LogP contribution in [0.15, 0.2) is 113 Å². The van der Waals surface area contributed by atoms with Gasteiger partial charge in [-0.15, -0.1) is 11.8 Å². The molecular weight excluding hydrogens is 536 g/mol. The van der Waals surface area contributed by atoms with Gasteiger partial charge in [0, 0.05) is 34.2 Å². The molecule has 1 aliphatic carbocycles. The molecule has 0 heterocycles. The monoisotopic (exact) mass is 563 g/mol. The molecule has 0 saturated heterocycles. The molecule has 0 spiro atoms. The Morgan fingerprint density at radius 1 is 0.821 bits per heavy atom. The Balaban J connectivity index is 1.91. The van der Waals surface area contributed by atoms with Crippen LogP contribution in [0.3, 0.4) is 0 Å². The van der Waals surface area contributed by atoms with Crippen LogP contribution in [0.1, 0.15) is 12.5 Å². The van der Waals surface area contributed by atoms with Gasteiger partial charge in [0.25, 0.3) is 0 Å². The van der Waals surface area contributed by atoms with Gasteiger partial charge in [0.2, 0.25) is 0 Å². The average molecular weight is 564 g/mol. The highest BCUT2D eigenvalue weighted by Gasteiger charge is 2.63. The summed E-state index contributed by atoms with van der Waals surface area (Å²) < 4.78 is 88.8. The molecule has 0 aliphatic heterocycles. The predicted molar refractivity (Wildman–Crippen MR) is 144 cm³/mol. The van der Waals surface area contributed by atoms with Gasteiger partial charge in [-0.25, -0.2) is 0 Å². The van der Waals surface area contributed by atoms with Crippen molar-refractivity contribution in [2.45, 2.75) is 36.8 Å². The molecule has 0 amide bonds. The van der Waals surface area contributed by atoms with Gasteiger partial charge in [-0.1, -0.05) is 54.6 Å². The third-order valence-electron chi connectivity index (χ3n) is 6.63. The molecule has 0 bridgehead atoms. The first-order valence-electron chi connectivity index (χ1n) is 12.0. The van der Waals surface area contributed by atoms with E-state index in [0.29, 0.717) is 11.3 Å². The van der Waals surface area contributed by atoms with Gasteiger partial charge >= 0.3 is 12.4 Å². The highest BCUT2D eigenvalue weighted by Crippen LogP contribution is 2.54. The number of alkyl halides is 6. The van der Waals surface area contributed by atoms with Crippen molar-refractivity contribution in [1.82, 2.24) is 5.32 Å². The second-order valence-electron chi connectivity index (χ2n) is 9.23. The number of anilines is 2. The lowest BCUT2D eigenvalue weighted by Gasteiger charge is -2.46. The first-order chi connectivity index (χ1) is 18.4. The second-order valence-corrected chi connectivity index (χ2v) is 10.1. The molecule has 4 rings (SSSR count). The smallest absolute Gasteiger partial charge is 0.383 e. The predicted octanol–water partition coefficient (Wildman–Crippen LogP) is 8.37. The van der Waals surface area contributed by atoms with Crippen LogP contribution < -0.4 is 16.0 Å². The van der Waals surface area contributed by atoms with E-state index >= 15 is 13.2 Å². The lowest BCUT2D eigenvalue weighted by Crippen LogP contribution is -2.57. The van der Waals surface area contributed by atoms with E-state index in [-0.39, 0.29) is 17.9 Å². The van der Waals surface area contributed by atoms with E-state index in [9.17, 15) is 13.2 Å². The van der Waals surface area contributed by atoms with Crippen molar-refractivity contribution in [1.29, 1.82) is 0 Å². The maximum Gasteiger partial charge on any atom is 0.418 e. The van der Waals surface area contributed by atoms with Crippen LogP contribution in [-0.4, -0.2) is 24.7 Å². The van der Waals surface area contributed by atoms with Gasteiger partial charge in [-0.2, -0.15) is 26.3 Å². The van der Waals surface area contributed by atoms with Gasteiger partial charge in [0.15, 0.2) is 0 Å². The summed E-state index contributed by atoms with van der Waals surface area (Å²) >= 11 is 1.40. The summed E-state index contributed by atoms with van der Waals surface area (Å²) in [6, 6.07) is 21.4. The van der Waals surface area contributed by atoms with Gasteiger partial charge in [0.05, 0.1) is 11.6 Å². The summed E-state index contributed by atoms with van der Waals surface area (Å²) in [5.74, 6) is 0. The lowest BCUT2D eigenvalue weighted by molar-refractivity contribution is -0.208. The van der Waals surface area contributed by atoms with Crippen LogP contribution in [0, 0.1) is 5.41 Å². The van der Waals surface area contributed by atoms with Crippen molar-refractivity contribution < 1.29 is 26.3 Å². The highest BCUT2D eigenvalue weighted by molar-refractivity contribution is 7.98. The standard InChI is InChI=1S/C29H27F6N3S/c1-27(29(33,34)35)25(37-20-12-7-4-8-13-20)23(28(30,31)32)17-24(36-18-19-10-5-3-6-11-19)26(27)38-21-14-9-15-22(16-21)39-2/h3-17,26,36-38H,18H2,1-2H3. The third kappa shape index (κ3) is 6.21. The molecule has 10 heteroatoms. The fourth-order valence-corrected chi connectivity index (χ4v) is 4.95. The van der Waals surface area contributed by atoms with Gasteiger partial charge < -0.3 is 16.0 Å². The maximum absolute atomic E-state index is 15.1. The first kappa shape index (κ1) is 28.5. The zero-order chi connectivity index (χ0) is 28.3. The number of hydrogen-bond donors (Lipinski definition) is 3. The number of allylic oxidation sites excluding steroid dienone is 2. The Bertz CT molecular complexity index is 1340. The molecule has 3 aromatic carbocycles. The van der Waals surface area contributed by atoms with Gasteiger partial charge in [0.1, 0.15) is 5.41 Å². The number of para-hydroxylation sites is 1. The summed E-state index contributed by atoms with van der Waals surface area (Å²) in [5, 5.41) is 8.29. The summed E-state index contributed by atoms with van der Waals surface area (Å²) in [6.45, 7) is 0.841. The van der Waals surface area contributed by atoms with Crippen molar-refractivity contribution in [2.75, 3.05) is 16.9 Å². The van der Waals surface area contributed by atoms with Crippen LogP contribution >= 0.6 is 11.8 Å². The van der Waals surface area contributed by atoms with E-state index in [1.807, 2.05) is 6.26 Å². The van der Waals surface area contributed by atoms with E-state index < -0.39 is 35.1 Å². The van der Waals surface area contributed by atoms with Crippen LogP contribution in [0.4, 0.5) is 37.7 Å². The number of hydrogen-bond acceptors (Lipinski definition) is 4. The van der Waals surface area contributed by atoms with Gasteiger partial charge in [-0.05, 0) is 55.2 Å². The topological polar surface area (TPSA) is 36.1 Å². The average Bonchev–Trinajstić information content (AvgIpc) is 2.90. The highest BCUT2D eigenvalue weighted by atomic mass is 32.2. The quantitative estimate of drug-likeness (QED) is 0.190. The molecule has 2 unspecified atom stereocenters. The molecule has 3 N–H and O–H groups in total. The van der Waals surface area contributed by atoms with E-state index in [1.54, 1.807) is 60.7 Å². The molecule has 0 aromatic heterocycles. The Morgan fingerprint density at radius 3 is 2.03 bits per heavy atom. The fraction of sp³-hybridized carbons (Fsp3) is 0.241. The van der Waals surface area contributed by atoms with Crippen LogP contribution in [0.5, 0.6) is 0 Å². The summed E-state index contributed by atoms with van der Waals surface area (Å²) in [5.41, 5.74) is -4.42. The Labute approximate surface area is 227 Å². The van der Waals surface area contributed by atoms with Crippen molar-refractivity contribution >= 4 is 23.1 Å². The van der Waals surface area contributed by atoms with E-state index in [4.69, 9.17) is 0 Å². The van der Waals surface area contributed by atoms with Crippen LogP contribution in [-0.2, 0) is 6.54 Å². The second kappa shape index (κ2) is 11.3. The molecular formula is C29H27F6N3S. The normalized spacial score (nSPS) is 19.9. The molecule has 0 fully saturated rings. The van der Waals surface area contributed by atoms with Crippen molar-refractivity contribution in [3.63, 3.8) is 0 Å². The number of benzene rings is 3. The zero-order valence-electron chi connectivity index (χ0n) is 21.1. The van der Waals surface area contributed by atoms with E-state index in [1.165, 1.54) is 36.0 Å². The molecule has 3 aromatic rings. The maximum atomic E-state index is 15.1. The summed E-state index contributed by atoms with van der Waals surface area (Å²) in [4.78, 5) is 0.793. The first-order valence-corrected chi connectivity index (χ1v) is 13.3. The van der Waals surface area contributed by atoms with E-state index in [0.717, 1.165) is 17.9 Å². The zero-order valence-corrected chi connectivity index (χ0v) is 21.9. The molecule has 206 valence electrons. The largest absolute Gasteiger partial charge is 0.418 e. The van der Waals surface area contributed by atoms with Crippen molar-refractivity contribution in [2.24, 2.45) is 5.41 Å². The SMILES string of the molecule is CSc1cccc(NC2C(NCc3ccccc3)=CC(C(F)(F)F)=C(Nc3ccccc3)C2(C)C(F)(F)F)c1. The number of rotatable bonds is 8. The molecule has 39 heavy (non-hydrogen) atoms. The molecule has 1 aliphatic rings. The minimum atomic E-state index is -5.08. The number of halogens is 6. The van der Waals surface area contributed by atoms with Crippen molar-refractivity contribution in [3.05, 3.63) is 114 Å². The molecule has 0 radical (unpaired) electrons. The van der Waals surface area contributed by atoms with E-state index in [2.05, 4.69) is 16.0 Å². The lowest BCUT2D eigenvalue weighted by atomic mass is 9.71. The van der Waals surface area contributed by atoms with Crippen LogP contribution in [0.2, 0.25) is 0 Å². The number of thioether (sulfide) groups is 1. The van der Waals surface area contributed by atoms with Crippen LogP contribution in [0.25, 0.3) is 0 Å².